The van der Waals surface area contributed by atoms with Gasteiger partial charge in [-0.1, -0.05) is 12.1 Å². The van der Waals surface area contributed by atoms with E-state index in [1.54, 1.807) is 34.8 Å². The average molecular weight is 332 g/mol. The van der Waals surface area contributed by atoms with Crippen molar-refractivity contribution in [1.29, 1.82) is 0 Å². The first-order chi connectivity index (χ1) is 10.7. The van der Waals surface area contributed by atoms with Gasteiger partial charge < -0.3 is 10.6 Å². The predicted octanol–water partition coefficient (Wildman–Crippen LogP) is 2.77. The van der Waals surface area contributed by atoms with Crippen LogP contribution >= 0.6 is 22.7 Å². The Kier molecular flexibility index (Phi) is 6.60. The van der Waals surface area contributed by atoms with Crippen LogP contribution in [0.1, 0.15) is 9.75 Å². The number of carbonyl (C=O) groups is 2. The second kappa shape index (κ2) is 8.96. The van der Waals surface area contributed by atoms with Gasteiger partial charge in [0.15, 0.2) is 0 Å². The van der Waals surface area contributed by atoms with Crippen LogP contribution in [0.4, 0.5) is 0 Å². The van der Waals surface area contributed by atoms with Crippen molar-refractivity contribution in [2.24, 2.45) is 0 Å². The molecule has 22 heavy (non-hydrogen) atoms. The standard InChI is InChI=1S/C16H16N2O2S2/c19-15(7-5-13-3-1-11-21-13)17-9-10-18-16(20)8-6-14-4-2-12-22-14/h1-8,11-12H,9-10H2,(H,17,19)(H,18,20)/b7-5+,8-6+. The Morgan fingerprint density at radius 3 is 1.68 bits per heavy atom. The summed E-state index contributed by atoms with van der Waals surface area (Å²) >= 11 is 3.14. The molecule has 0 aliphatic carbocycles. The maximum Gasteiger partial charge on any atom is 0.244 e. The Hall–Kier alpha value is -2.18. The fraction of sp³-hybridized carbons (Fsp3) is 0.125. The zero-order chi connectivity index (χ0) is 15.6. The zero-order valence-corrected chi connectivity index (χ0v) is 13.5. The lowest BCUT2D eigenvalue weighted by Gasteiger charge is -2.02. The summed E-state index contributed by atoms with van der Waals surface area (Å²) in [6, 6.07) is 7.74. The molecule has 0 bridgehead atoms. The summed E-state index contributed by atoms with van der Waals surface area (Å²) in [5.74, 6) is -0.339. The third-order valence-corrected chi connectivity index (χ3v) is 4.28. The van der Waals surface area contributed by atoms with E-state index < -0.39 is 0 Å². The summed E-state index contributed by atoms with van der Waals surface area (Å²) in [7, 11) is 0. The minimum Gasteiger partial charge on any atom is -0.351 e. The molecular weight excluding hydrogens is 316 g/mol. The smallest absolute Gasteiger partial charge is 0.244 e. The molecule has 6 heteroatoms. The number of thiophene rings is 2. The minimum atomic E-state index is -0.170. The van der Waals surface area contributed by atoms with E-state index >= 15 is 0 Å². The Labute approximate surface area is 137 Å². The highest BCUT2D eigenvalue weighted by molar-refractivity contribution is 7.11. The molecule has 0 aromatic carbocycles. The number of hydrogen-bond acceptors (Lipinski definition) is 4. The predicted molar refractivity (Wildman–Crippen MR) is 92.7 cm³/mol. The van der Waals surface area contributed by atoms with E-state index in [2.05, 4.69) is 10.6 Å². The molecule has 0 unspecified atom stereocenters. The Morgan fingerprint density at radius 1 is 0.864 bits per heavy atom. The monoisotopic (exact) mass is 332 g/mol. The third-order valence-electron chi connectivity index (χ3n) is 2.61. The Morgan fingerprint density at radius 2 is 1.32 bits per heavy atom. The largest absolute Gasteiger partial charge is 0.351 e. The van der Waals surface area contributed by atoms with Crippen LogP contribution in [0.3, 0.4) is 0 Å². The molecule has 2 aromatic rings. The van der Waals surface area contributed by atoms with Crippen LogP contribution in [0, 0.1) is 0 Å². The summed E-state index contributed by atoms with van der Waals surface area (Å²) < 4.78 is 0. The molecule has 2 amide bonds. The fourth-order valence-electron chi connectivity index (χ4n) is 1.58. The van der Waals surface area contributed by atoms with E-state index in [9.17, 15) is 9.59 Å². The first-order valence-electron chi connectivity index (χ1n) is 6.73. The maximum atomic E-state index is 11.5. The molecule has 2 rings (SSSR count). The maximum absolute atomic E-state index is 11.5. The first kappa shape index (κ1) is 16.2. The van der Waals surface area contributed by atoms with Crippen LogP contribution in [-0.4, -0.2) is 24.9 Å². The van der Waals surface area contributed by atoms with Gasteiger partial charge in [0.05, 0.1) is 0 Å². The van der Waals surface area contributed by atoms with Crippen molar-refractivity contribution >= 4 is 46.6 Å². The van der Waals surface area contributed by atoms with E-state index in [0.29, 0.717) is 13.1 Å². The van der Waals surface area contributed by atoms with Crippen molar-refractivity contribution in [3.8, 4) is 0 Å². The number of hydrogen-bond donors (Lipinski definition) is 2. The van der Waals surface area contributed by atoms with Gasteiger partial charge in [0.1, 0.15) is 0 Å². The van der Waals surface area contributed by atoms with Gasteiger partial charge in [-0.15, -0.1) is 22.7 Å². The SMILES string of the molecule is O=C(/C=C/c1cccs1)NCCNC(=O)/C=C/c1cccs1. The Bertz CT molecular complexity index is 586. The van der Waals surface area contributed by atoms with Crippen molar-refractivity contribution in [2.45, 2.75) is 0 Å². The number of carbonyl (C=O) groups excluding carboxylic acids is 2. The average Bonchev–Trinajstić information content (AvgIpc) is 3.20. The molecule has 0 atom stereocenters. The van der Waals surface area contributed by atoms with Gasteiger partial charge in [0, 0.05) is 35.0 Å². The molecular formula is C16H16N2O2S2. The van der Waals surface area contributed by atoms with Gasteiger partial charge in [0.2, 0.25) is 11.8 Å². The van der Waals surface area contributed by atoms with E-state index in [4.69, 9.17) is 0 Å². The fourth-order valence-corrected chi connectivity index (χ4v) is 2.81. The van der Waals surface area contributed by atoms with Gasteiger partial charge in [0.25, 0.3) is 0 Å². The molecule has 0 aliphatic heterocycles. The molecule has 0 saturated heterocycles. The second-order valence-corrected chi connectivity index (χ2v) is 6.24. The van der Waals surface area contributed by atoms with Crippen LogP contribution in [0.25, 0.3) is 12.2 Å². The van der Waals surface area contributed by atoms with Crippen molar-refractivity contribution in [3.63, 3.8) is 0 Å². The second-order valence-electron chi connectivity index (χ2n) is 4.28. The normalized spacial score (nSPS) is 11.1. The lowest BCUT2D eigenvalue weighted by molar-refractivity contribution is -0.118. The number of nitrogens with one attached hydrogen (secondary N) is 2. The van der Waals surface area contributed by atoms with E-state index in [-0.39, 0.29) is 11.8 Å². The molecule has 114 valence electrons. The lowest BCUT2D eigenvalue weighted by Crippen LogP contribution is -2.33. The van der Waals surface area contributed by atoms with Gasteiger partial charge in [-0.25, -0.2) is 0 Å². The molecule has 2 N–H and O–H groups in total. The highest BCUT2D eigenvalue weighted by atomic mass is 32.1. The van der Waals surface area contributed by atoms with Crippen LogP contribution in [0.15, 0.2) is 47.2 Å². The molecule has 0 radical (unpaired) electrons. The van der Waals surface area contributed by atoms with Crippen LogP contribution in [-0.2, 0) is 9.59 Å². The van der Waals surface area contributed by atoms with Crippen LogP contribution in [0.2, 0.25) is 0 Å². The summed E-state index contributed by atoms with van der Waals surface area (Å²) in [6.07, 6.45) is 6.51. The Balaban J connectivity index is 1.60. The van der Waals surface area contributed by atoms with Crippen molar-refractivity contribution in [2.75, 3.05) is 13.1 Å². The van der Waals surface area contributed by atoms with Crippen LogP contribution < -0.4 is 10.6 Å². The molecule has 2 heterocycles. The molecule has 0 fully saturated rings. The highest BCUT2D eigenvalue weighted by Gasteiger charge is 1.97. The summed E-state index contributed by atoms with van der Waals surface area (Å²) in [5, 5.41) is 9.33. The van der Waals surface area contributed by atoms with Crippen molar-refractivity contribution in [1.82, 2.24) is 10.6 Å². The van der Waals surface area contributed by atoms with Gasteiger partial charge >= 0.3 is 0 Å². The molecule has 2 aromatic heterocycles. The quantitative estimate of drug-likeness (QED) is 0.605. The summed E-state index contributed by atoms with van der Waals surface area (Å²) in [5.41, 5.74) is 0. The van der Waals surface area contributed by atoms with E-state index in [1.165, 1.54) is 12.2 Å². The number of rotatable bonds is 7. The molecule has 0 saturated carbocycles. The molecule has 0 aliphatic rings. The van der Waals surface area contributed by atoms with Gasteiger partial charge in [-0.3, -0.25) is 9.59 Å². The highest BCUT2D eigenvalue weighted by Crippen LogP contribution is 2.10. The van der Waals surface area contributed by atoms with E-state index in [0.717, 1.165) is 9.75 Å². The van der Waals surface area contributed by atoms with Gasteiger partial charge in [-0.05, 0) is 35.0 Å². The minimum absolute atomic E-state index is 0.170. The summed E-state index contributed by atoms with van der Waals surface area (Å²) in [6.45, 7) is 0.790. The zero-order valence-electron chi connectivity index (χ0n) is 11.8. The number of amides is 2. The topological polar surface area (TPSA) is 58.2 Å². The summed E-state index contributed by atoms with van der Waals surface area (Å²) in [4.78, 5) is 25.2. The van der Waals surface area contributed by atoms with E-state index in [1.807, 2.05) is 35.0 Å². The van der Waals surface area contributed by atoms with Crippen molar-refractivity contribution in [3.05, 3.63) is 56.9 Å². The third kappa shape index (κ3) is 6.07. The molecule has 0 spiro atoms. The van der Waals surface area contributed by atoms with Gasteiger partial charge in [-0.2, -0.15) is 0 Å². The molecule has 4 nitrogen and oxygen atoms in total. The van der Waals surface area contributed by atoms with Crippen molar-refractivity contribution < 1.29 is 9.59 Å². The van der Waals surface area contributed by atoms with Crippen LogP contribution in [0.5, 0.6) is 0 Å². The first-order valence-corrected chi connectivity index (χ1v) is 8.49. The lowest BCUT2D eigenvalue weighted by atomic mass is 10.4.